The second-order valence-electron chi connectivity index (χ2n) is 7.50. The van der Waals surface area contributed by atoms with Crippen LogP contribution in [0.5, 0.6) is 0 Å². The number of hydrogen-bond donors (Lipinski definition) is 2. The third kappa shape index (κ3) is 3.93. The number of hydrogen-bond acceptors (Lipinski definition) is 5. The van der Waals surface area contributed by atoms with Crippen molar-refractivity contribution in [3.05, 3.63) is 33.5 Å². The summed E-state index contributed by atoms with van der Waals surface area (Å²) in [6.45, 7) is 1.75. The van der Waals surface area contributed by atoms with Crippen LogP contribution in [0.15, 0.2) is 10.6 Å². The second-order valence-corrected chi connectivity index (χ2v) is 8.61. The third-order valence-electron chi connectivity index (χ3n) is 5.43. The highest BCUT2D eigenvalue weighted by atomic mass is 32.1. The molecular formula is C20H25N3O3S. The van der Waals surface area contributed by atoms with Crippen LogP contribution in [0.25, 0.3) is 0 Å². The number of nitrogens with zero attached hydrogens (tertiary/aromatic N) is 1. The SMILES string of the molecule is Cc1cc(C(=O)Nc2sc3c(c2C(=O)NC2CCCCC2)CCCC3)no1. The van der Waals surface area contributed by atoms with Gasteiger partial charge in [0.2, 0.25) is 0 Å². The standard InChI is InChI=1S/C20H25N3O3S/c1-12-11-15(23-26-12)18(24)22-20-17(14-9-5-6-10-16(14)27-20)19(25)21-13-7-3-2-4-8-13/h11,13H,2-10H2,1H3,(H,21,25)(H,22,24). The number of amides is 2. The van der Waals surface area contributed by atoms with Gasteiger partial charge in [0.25, 0.3) is 11.8 Å². The topological polar surface area (TPSA) is 84.2 Å². The maximum Gasteiger partial charge on any atom is 0.278 e. The first-order valence-corrected chi connectivity index (χ1v) is 10.6. The van der Waals surface area contributed by atoms with Crippen molar-refractivity contribution < 1.29 is 14.1 Å². The molecule has 0 aromatic carbocycles. The summed E-state index contributed by atoms with van der Waals surface area (Å²) in [6, 6.07) is 1.84. The Morgan fingerprint density at radius 1 is 1.11 bits per heavy atom. The Bertz CT molecular complexity index is 849. The van der Waals surface area contributed by atoms with Crippen LogP contribution in [0.4, 0.5) is 5.00 Å². The van der Waals surface area contributed by atoms with Gasteiger partial charge in [0, 0.05) is 17.0 Å². The van der Waals surface area contributed by atoms with Crippen LogP contribution in [0, 0.1) is 6.92 Å². The van der Waals surface area contributed by atoms with Crippen molar-refractivity contribution in [2.75, 3.05) is 5.32 Å². The molecule has 1 saturated carbocycles. The lowest BCUT2D eigenvalue weighted by atomic mass is 9.93. The Morgan fingerprint density at radius 3 is 2.63 bits per heavy atom. The average Bonchev–Trinajstić information content (AvgIpc) is 3.25. The number of aromatic nitrogens is 1. The van der Waals surface area contributed by atoms with Crippen molar-refractivity contribution >= 4 is 28.2 Å². The van der Waals surface area contributed by atoms with E-state index in [9.17, 15) is 9.59 Å². The Kier molecular flexibility index (Phi) is 5.29. The van der Waals surface area contributed by atoms with Crippen molar-refractivity contribution in [2.45, 2.75) is 70.8 Å². The molecule has 0 spiro atoms. The highest BCUT2D eigenvalue weighted by Gasteiger charge is 2.28. The molecule has 2 heterocycles. The van der Waals surface area contributed by atoms with E-state index < -0.39 is 0 Å². The zero-order chi connectivity index (χ0) is 18.8. The van der Waals surface area contributed by atoms with Crippen LogP contribution >= 0.6 is 11.3 Å². The number of nitrogens with one attached hydrogen (secondary N) is 2. The molecule has 6 nitrogen and oxygen atoms in total. The number of carbonyl (C=O) groups excluding carboxylic acids is 2. The molecule has 2 aliphatic rings. The van der Waals surface area contributed by atoms with Crippen LogP contribution in [0.2, 0.25) is 0 Å². The van der Waals surface area contributed by atoms with Crippen LogP contribution in [-0.2, 0) is 12.8 Å². The van der Waals surface area contributed by atoms with Crippen molar-refractivity contribution in [3.63, 3.8) is 0 Å². The number of carbonyl (C=O) groups is 2. The maximum absolute atomic E-state index is 13.1. The molecule has 0 saturated heterocycles. The minimum atomic E-state index is -0.336. The molecule has 7 heteroatoms. The van der Waals surface area contributed by atoms with Crippen molar-refractivity contribution in [2.24, 2.45) is 0 Å². The Hall–Kier alpha value is -2.15. The van der Waals surface area contributed by atoms with E-state index in [1.165, 1.54) is 35.5 Å². The number of anilines is 1. The molecule has 0 unspecified atom stereocenters. The summed E-state index contributed by atoms with van der Waals surface area (Å²) in [5, 5.41) is 10.5. The summed E-state index contributed by atoms with van der Waals surface area (Å²) in [5.41, 5.74) is 2.01. The van der Waals surface area contributed by atoms with E-state index in [4.69, 9.17) is 4.52 Å². The van der Waals surface area contributed by atoms with Gasteiger partial charge in [-0.05, 0) is 51.0 Å². The first kappa shape index (κ1) is 18.2. The fourth-order valence-corrected chi connectivity index (χ4v) is 5.32. The fraction of sp³-hybridized carbons (Fsp3) is 0.550. The molecule has 144 valence electrons. The first-order valence-electron chi connectivity index (χ1n) is 9.82. The smallest absolute Gasteiger partial charge is 0.278 e. The monoisotopic (exact) mass is 387 g/mol. The molecule has 27 heavy (non-hydrogen) atoms. The molecule has 0 radical (unpaired) electrons. The van der Waals surface area contributed by atoms with E-state index in [2.05, 4.69) is 15.8 Å². The maximum atomic E-state index is 13.1. The van der Waals surface area contributed by atoms with Gasteiger partial charge in [-0.15, -0.1) is 11.3 Å². The van der Waals surface area contributed by atoms with Gasteiger partial charge in [0.15, 0.2) is 5.69 Å². The molecule has 1 fully saturated rings. The molecule has 2 aliphatic carbocycles. The Morgan fingerprint density at radius 2 is 1.89 bits per heavy atom. The average molecular weight is 388 g/mol. The van der Waals surface area contributed by atoms with E-state index in [1.54, 1.807) is 13.0 Å². The summed E-state index contributed by atoms with van der Waals surface area (Å²) in [5.74, 6) is 0.200. The minimum Gasteiger partial charge on any atom is -0.361 e. The third-order valence-corrected chi connectivity index (χ3v) is 6.63. The van der Waals surface area contributed by atoms with Gasteiger partial charge in [-0.1, -0.05) is 24.4 Å². The summed E-state index contributed by atoms with van der Waals surface area (Å²) < 4.78 is 5.00. The lowest BCUT2D eigenvalue weighted by Gasteiger charge is -2.23. The van der Waals surface area contributed by atoms with E-state index in [-0.39, 0.29) is 23.6 Å². The molecule has 0 atom stereocenters. The summed E-state index contributed by atoms with van der Waals surface area (Å²) in [4.78, 5) is 26.9. The summed E-state index contributed by atoms with van der Waals surface area (Å²) in [6.07, 6.45) is 9.76. The number of fused-ring (bicyclic) bond motifs is 1. The van der Waals surface area contributed by atoms with Crippen LogP contribution in [0.3, 0.4) is 0 Å². The zero-order valence-corrected chi connectivity index (χ0v) is 16.4. The predicted molar refractivity (Wildman–Crippen MR) is 104 cm³/mol. The largest absolute Gasteiger partial charge is 0.361 e. The number of thiophene rings is 1. The van der Waals surface area contributed by atoms with Gasteiger partial charge in [0.05, 0.1) is 5.56 Å². The number of aryl methyl sites for hydroxylation is 2. The first-order chi connectivity index (χ1) is 13.1. The predicted octanol–water partition coefficient (Wildman–Crippen LogP) is 4.24. The molecular weight excluding hydrogens is 362 g/mol. The second kappa shape index (κ2) is 7.84. The Balaban J connectivity index is 1.59. The van der Waals surface area contributed by atoms with Crippen molar-refractivity contribution in [3.8, 4) is 0 Å². The van der Waals surface area contributed by atoms with Crippen LogP contribution in [0.1, 0.15) is 82.0 Å². The molecule has 0 aliphatic heterocycles. The van der Waals surface area contributed by atoms with Crippen LogP contribution < -0.4 is 10.6 Å². The zero-order valence-electron chi connectivity index (χ0n) is 15.6. The van der Waals surface area contributed by atoms with Gasteiger partial charge in [-0.2, -0.15) is 0 Å². The summed E-state index contributed by atoms with van der Waals surface area (Å²) in [7, 11) is 0. The van der Waals surface area contributed by atoms with Gasteiger partial charge < -0.3 is 15.2 Å². The normalized spacial score (nSPS) is 17.4. The molecule has 2 aromatic heterocycles. The highest BCUT2D eigenvalue weighted by molar-refractivity contribution is 7.17. The highest BCUT2D eigenvalue weighted by Crippen LogP contribution is 2.38. The van der Waals surface area contributed by atoms with Gasteiger partial charge >= 0.3 is 0 Å². The van der Waals surface area contributed by atoms with Gasteiger partial charge in [-0.25, -0.2) is 0 Å². The lowest BCUT2D eigenvalue weighted by Crippen LogP contribution is -2.37. The summed E-state index contributed by atoms with van der Waals surface area (Å²) >= 11 is 1.53. The molecule has 0 bridgehead atoms. The number of rotatable bonds is 4. The molecule has 4 rings (SSSR count). The van der Waals surface area contributed by atoms with E-state index in [1.807, 2.05) is 0 Å². The Labute approximate surface area is 162 Å². The minimum absolute atomic E-state index is 0.0482. The molecule has 2 N–H and O–H groups in total. The van der Waals surface area contributed by atoms with E-state index in [0.29, 0.717) is 16.3 Å². The van der Waals surface area contributed by atoms with Gasteiger partial charge in [-0.3, -0.25) is 9.59 Å². The fourth-order valence-electron chi connectivity index (χ4n) is 4.04. The van der Waals surface area contributed by atoms with E-state index in [0.717, 1.165) is 44.1 Å². The van der Waals surface area contributed by atoms with Crippen LogP contribution in [-0.4, -0.2) is 23.0 Å². The van der Waals surface area contributed by atoms with Gasteiger partial charge in [0.1, 0.15) is 10.8 Å². The van der Waals surface area contributed by atoms with Crippen molar-refractivity contribution in [1.29, 1.82) is 0 Å². The lowest BCUT2D eigenvalue weighted by molar-refractivity contribution is 0.0928. The molecule has 2 aromatic rings. The quantitative estimate of drug-likeness (QED) is 0.822. The van der Waals surface area contributed by atoms with E-state index >= 15 is 0 Å². The van der Waals surface area contributed by atoms with Crippen molar-refractivity contribution in [1.82, 2.24) is 10.5 Å². The molecule has 2 amide bonds.